The second-order valence-corrected chi connectivity index (χ2v) is 4.74. The average Bonchev–Trinajstić information content (AvgIpc) is 2.40. The van der Waals surface area contributed by atoms with Crippen molar-refractivity contribution in [3.8, 4) is 11.4 Å². The highest BCUT2D eigenvalue weighted by Crippen LogP contribution is 2.20. The summed E-state index contributed by atoms with van der Waals surface area (Å²) >= 11 is 0. The first-order valence-electron chi connectivity index (χ1n) is 6.02. The third-order valence-electron chi connectivity index (χ3n) is 3.16. The average molecular weight is 258 g/mol. The molecule has 100 valence electrons. The fourth-order valence-electron chi connectivity index (χ4n) is 1.89. The first kappa shape index (κ1) is 13.1. The molecule has 0 saturated carbocycles. The standard InChI is InChI=1S/C14H18N4O/c1-9-12(15)14(19)18(4)13(16-9)10-5-7-11(8-6-10)17(2)3/h5-8H,15H2,1-4H3. The summed E-state index contributed by atoms with van der Waals surface area (Å²) in [4.78, 5) is 18.4. The minimum absolute atomic E-state index is 0.205. The molecule has 2 rings (SSSR count). The van der Waals surface area contributed by atoms with Gasteiger partial charge < -0.3 is 10.6 Å². The van der Waals surface area contributed by atoms with Gasteiger partial charge in [0, 0.05) is 32.4 Å². The number of aryl methyl sites for hydroxylation is 1. The molecule has 0 aliphatic rings. The number of anilines is 2. The Morgan fingerprint density at radius 3 is 2.32 bits per heavy atom. The van der Waals surface area contributed by atoms with E-state index in [1.807, 2.05) is 43.3 Å². The Kier molecular flexibility index (Phi) is 3.29. The number of hydrogen-bond acceptors (Lipinski definition) is 4. The van der Waals surface area contributed by atoms with Crippen molar-refractivity contribution in [3.05, 3.63) is 40.3 Å². The molecule has 5 heteroatoms. The van der Waals surface area contributed by atoms with Gasteiger partial charge in [-0.15, -0.1) is 0 Å². The van der Waals surface area contributed by atoms with Crippen LogP contribution in [-0.4, -0.2) is 23.6 Å². The van der Waals surface area contributed by atoms with Crippen molar-refractivity contribution in [1.29, 1.82) is 0 Å². The van der Waals surface area contributed by atoms with E-state index in [9.17, 15) is 4.79 Å². The summed E-state index contributed by atoms with van der Waals surface area (Å²) < 4.78 is 1.48. The van der Waals surface area contributed by atoms with Crippen molar-refractivity contribution < 1.29 is 0 Å². The predicted molar refractivity (Wildman–Crippen MR) is 78.4 cm³/mol. The molecule has 0 bridgehead atoms. The van der Waals surface area contributed by atoms with Crippen LogP contribution in [0.3, 0.4) is 0 Å². The first-order valence-corrected chi connectivity index (χ1v) is 6.02. The topological polar surface area (TPSA) is 64.2 Å². The molecule has 1 heterocycles. The summed E-state index contributed by atoms with van der Waals surface area (Å²) in [6.07, 6.45) is 0. The zero-order chi connectivity index (χ0) is 14.2. The van der Waals surface area contributed by atoms with Crippen molar-refractivity contribution in [2.75, 3.05) is 24.7 Å². The molecule has 0 unspecified atom stereocenters. The molecule has 2 N–H and O–H groups in total. The normalized spacial score (nSPS) is 10.5. The zero-order valence-electron chi connectivity index (χ0n) is 11.6. The van der Waals surface area contributed by atoms with Crippen LogP contribution in [0.25, 0.3) is 11.4 Å². The number of nitrogen functional groups attached to an aromatic ring is 1. The molecular formula is C14H18N4O. The first-order chi connectivity index (χ1) is 8.91. The lowest BCUT2D eigenvalue weighted by molar-refractivity contribution is 0.832. The summed E-state index contributed by atoms with van der Waals surface area (Å²) in [5.41, 5.74) is 8.25. The Labute approximate surface area is 112 Å². The van der Waals surface area contributed by atoms with Gasteiger partial charge >= 0.3 is 0 Å². The second kappa shape index (κ2) is 4.76. The number of nitrogens with two attached hydrogens (primary N) is 1. The molecule has 0 aliphatic heterocycles. The van der Waals surface area contributed by atoms with Gasteiger partial charge in [-0.1, -0.05) is 0 Å². The third-order valence-corrected chi connectivity index (χ3v) is 3.16. The summed E-state index contributed by atoms with van der Waals surface area (Å²) in [5, 5.41) is 0. The van der Waals surface area contributed by atoms with Gasteiger partial charge in [-0.05, 0) is 31.2 Å². The van der Waals surface area contributed by atoms with Crippen molar-refractivity contribution in [1.82, 2.24) is 9.55 Å². The molecule has 0 spiro atoms. The lowest BCUT2D eigenvalue weighted by Crippen LogP contribution is -2.24. The Hall–Kier alpha value is -2.30. The number of hydrogen-bond donors (Lipinski definition) is 1. The van der Waals surface area contributed by atoms with Gasteiger partial charge in [0.05, 0.1) is 5.69 Å². The molecule has 0 fully saturated rings. The molecule has 0 radical (unpaired) electrons. The SMILES string of the molecule is Cc1nc(-c2ccc(N(C)C)cc2)n(C)c(=O)c1N. The quantitative estimate of drug-likeness (QED) is 0.884. The van der Waals surface area contributed by atoms with Crippen LogP contribution in [-0.2, 0) is 7.05 Å². The van der Waals surface area contributed by atoms with E-state index in [1.165, 1.54) is 4.57 Å². The van der Waals surface area contributed by atoms with Gasteiger partial charge in [0.2, 0.25) is 0 Å². The molecule has 19 heavy (non-hydrogen) atoms. The van der Waals surface area contributed by atoms with Crippen molar-refractivity contribution >= 4 is 11.4 Å². The minimum Gasteiger partial charge on any atom is -0.393 e. The molecule has 5 nitrogen and oxygen atoms in total. The van der Waals surface area contributed by atoms with E-state index >= 15 is 0 Å². The molecular weight excluding hydrogens is 240 g/mol. The van der Waals surface area contributed by atoms with E-state index in [0.717, 1.165) is 11.3 Å². The molecule has 0 saturated heterocycles. The van der Waals surface area contributed by atoms with Crippen LogP contribution in [0.15, 0.2) is 29.1 Å². The lowest BCUT2D eigenvalue weighted by atomic mass is 10.1. The highest BCUT2D eigenvalue weighted by Gasteiger charge is 2.10. The summed E-state index contributed by atoms with van der Waals surface area (Å²) in [6.45, 7) is 1.74. The van der Waals surface area contributed by atoms with Gasteiger partial charge in [0.1, 0.15) is 11.5 Å². The maximum absolute atomic E-state index is 11.9. The van der Waals surface area contributed by atoms with Crippen molar-refractivity contribution in [2.45, 2.75) is 6.92 Å². The Morgan fingerprint density at radius 2 is 1.79 bits per heavy atom. The van der Waals surface area contributed by atoms with E-state index in [1.54, 1.807) is 14.0 Å². The molecule has 1 aromatic carbocycles. The monoisotopic (exact) mass is 258 g/mol. The summed E-state index contributed by atoms with van der Waals surface area (Å²) in [5.74, 6) is 0.627. The van der Waals surface area contributed by atoms with Gasteiger partial charge in [-0.2, -0.15) is 0 Å². The van der Waals surface area contributed by atoms with Gasteiger partial charge in [-0.25, -0.2) is 4.98 Å². The molecule has 1 aromatic heterocycles. The van der Waals surface area contributed by atoms with E-state index in [0.29, 0.717) is 11.5 Å². The van der Waals surface area contributed by atoms with Crippen molar-refractivity contribution in [2.24, 2.45) is 7.05 Å². The highest BCUT2D eigenvalue weighted by atomic mass is 16.1. The maximum atomic E-state index is 11.9. The number of aromatic nitrogens is 2. The van der Waals surface area contributed by atoms with Crippen LogP contribution in [0, 0.1) is 6.92 Å². The Bertz CT molecular complexity index is 656. The van der Waals surface area contributed by atoms with Crippen molar-refractivity contribution in [3.63, 3.8) is 0 Å². The van der Waals surface area contributed by atoms with Crippen LogP contribution in [0.4, 0.5) is 11.4 Å². The number of benzene rings is 1. The fourth-order valence-corrected chi connectivity index (χ4v) is 1.89. The highest BCUT2D eigenvalue weighted by molar-refractivity contribution is 5.61. The number of rotatable bonds is 2. The van der Waals surface area contributed by atoms with Gasteiger partial charge in [-0.3, -0.25) is 9.36 Å². The minimum atomic E-state index is -0.209. The molecule has 0 amide bonds. The Morgan fingerprint density at radius 1 is 1.21 bits per heavy atom. The smallest absolute Gasteiger partial charge is 0.276 e. The molecule has 0 aliphatic carbocycles. The fraction of sp³-hybridized carbons (Fsp3) is 0.286. The molecule has 0 atom stereocenters. The van der Waals surface area contributed by atoms with E-state index in [4.69, 9.17) is 5.73 Å². The second-order valence-electron chi connectivity index (χ2n) is 4.74. The third kappa shape index (κ3) is 2.31. The Balaban J connectivity index is 2.56. The van der Waals surface area contributed by atoms with Crippen LogP contribution < -0.4 is 16.2 Å². The lowest BCUT2D eigenvalue weighted by Gasteiger charge is -2.14. The van der Waals surface area contributed by atoms with E-state index < -0.39 is 0 Å². The molecule has 2 aromatic rings. The zero-order valence-corrected chi connectivity index (χ0v) is 11.6. The van der Waals surface area contributed by atoms with Gasteiger partial charge in [0.15, 0.2) is 0 Å². The summed E-state index contributed by atoms with van der Waals surface area (Å²) in [7, 11) is 5.65. The largest absolute Gasteiger partial charge is 0.393 e. The van der Waals surface area contributed by atoms with E-state index in [-0.39, 0.29) is 11.2 Å². The number of nitrogens with zero attached hydrogens (tertiary/aromatic N) is 3. The van der Waals surface area contributed by atoms with Crippen LogP contribution in [0.5, 0.6) is 0 Å². The van der Waals surface area contributed by atoms with Gasteiger partial charge in [0.25, 0.3) is 5.56 Å². The van der Waals surface area contributed by atoms with Crippen LogP contribution in [0.2, 0.25) is 0 Å². The van der Waals surface area contributed by atoms with Crippen LogP contribution in [0.1, 0.15) is 5.69 Å². The van der Waals surface area contributed by atoms with E-state index in [2.05, 4.69) is 4.98 Å². The maximum Gasteiger partial charge on any atom is 0.276 e. The predicted octanol–water partition coefficient (Wildman–Crippen LogP) is 1.40. The summed E-state index contributed by atoms with van der Waals surface area (Å²) in [6, 6.07) is 7.89. The van der Waals surface area contributed by atoms with Crippen LogP contribution >= 0.6 is 0 Å².